The Morgan fingerprint density at radius 2 is 0.919 bits per heavy atom. The van der Waals surface area contributed by atoms with Crippen LogP contribution in [0.15, 0.2) is 24.3 Å². The van der Waals surface area contributed by atoms with Crippen LogP contribution >= 0.6 is 7.14 Å². The number of aryl methyl sites for hydroxylation is 6. The van der Waals surface area contributed by atoms with Gasteiger partial charge in [0.25, 0.3) is 0 Å². The fourth-order valence-electron chi connectivity index (χ4n) is 5.36. The third kappa shape index (κ3) is 8.23. The number of carboxylic acid groups (broad SMARTS) is 1. The third-order valence-electron chi connectivity index (χ3n) is 7.05. The Morgan fingerprint density at radius 1 is 0.595 bits per heavy atom. The summed E-state index contributed by atoms with van der Waals surface area (Å²) in [6.07, 6.45) is 7.25. The smallest absolute Gasteiger partial charge is 0.303 e. The van der Waals surface area contributed by atoms with Gasteiger partial charge in [-0.05, 0) is 76.6 Å². The lowest BCUT2D eigenvalue weighted by atomic mass is 10.0. The van der Waals surface area contributed by atoms with Crippen LogP contribution in [-0.4, -0.2) is 28.3 Å². The van der Waals surface area contributed by atoms with Crippen molar-refractivity contribution in [3.8, 4) is 0 Å². The fourth-order valence-corrected chi connectivity index (χ4v) is 8.05. The summed E-state index contributed by atoms with van der Waals surface area (Å²) in [5, 5.41) is 8.72. The van der Waals surface area contributed by atoms with Gasteiger partial charge in [-0.25, -0.2) is 0 Å². The molecule has 0 aliphatic heterocycles. The number of carbonyl (C=O) groups excluding carboxylic acids is 2. The minimum Gasteiger partial charge on any atom is -0.481 e. The van der Waals surface area contributed by atoms with Crippen molar-refractivity contribution in [1.29, 1.82) is 0 Å². The monoisotopic (exact) mass is 526 g/mol. The molecule has 2 rings (SSSR count). The summed E-state index contributed by atoms with van der Waals surface area (Å²) in [6, 6.07) is 7.64. The molecular weight excluding hydrogens is 483 g/mol. The maximum atomic E-state index is 14.5. The molecule has 0 aliphatic carbocycles. The van der Waals surface area contributed by atoms with Gasteiger partial charge in [-0.3, -0.25) is 14.4 Å². The van der Waals surface area contributed by atoms with Crippen molar-refractivity contribution in [3.05, 3.63) is 68.8 Å². The molecule has 0 atom stereocenters. The average Bonchev–Trinajstić information content (AvgIpc) is 2.78. The summed E-state index contributed by atoms with van der Waals surface area (Å²) in [5.74, 6) is -0.749. The fraction of sp³-hybridized carbons (Fsp3) is 0.516. The summed E-state index contributed by atoms with van der Waals surface area (Å²) in [6.45, 7) is 11.3. The molecule has 0 saturated carbocycles. The summed E-state index contributed by atoms with van der Waals surface area (Å²) < 4.78 is 14.5. The third-order valence-corrected chi connectivity index (χ3v) is 9.76. The van der Waals surface area contributed by atoms with Crippen molar-refractivity contribution < 1.29 is 24.1 Å². The van der Waals surface area contributed by atoms with Gasteiger partial charge in [0.05, 0.1) is 0 Å². The quantitative estimate of drug-likeness (QED) is 0.186. The van der Waals surface area contributed by atoms with E-state index in [-0.39, 0.29) is 12.6 Å². The second kappa shape index (κ2) is 13.9. The van der Waals surface area contributed by atoms with Gasteiger partial charge in [-0.2, -0.15) is 0 Å². The maximum Gasteiger partial charge on any atom is 0.303 e. The summed E-state index contributed by atoms with van der Waals surface area (Å²) in [7, 11) is -3.90. The van der Waals surface area contributed by atoms with Crippen molar-refractivity contribution in [1.82, 2.24) is 0 Å². The highest BCUT2D eigenvalue weighted by Crippen LogP contribution is 2.54. The van der Waals surface area contributed by atoms with E-state index in [1.807, 2.05) is 65.8 Å². The van der Waals surface area contributed by atoms with E-state index in [0.29, 0.717) is 24.0 Å². The van der Waals surface area contributed by atoms with Crippen LogP contribution in [0.3, 0.4) is 0 Å². The minimum atomic E-state index is -3.90. The van der Waals surface area contributed by atoms with Crippen LogP contribution in [0.25, 0.3) is 0 Å². The van der Waals surface area contributed by atoms with Gasteiger partial charge in [0.1, 0.15) is 0 Å². The summed E-state index contributed by atoms with van der Waals surface area (Å²) in [5.41, 5.74) is 4.92. The molecule has 37 heavy (non-hydrogen) atoms. The second-order valence-electron chi connectivity index (χ2n) is 10.6. The largest absolute Gasteiger partial charge is 0.481 e. The van der Waals surface area contributed by atoms with E-state index in [9.17, 15) is 18.9 Å². The Kier molecular flexibility index (Phi) is 11.5. The Balaban J connectivity index is 2.20. The molecule has 0 saturated heterocycles. The van der Waals surface area contributed by atoms with Crippen LogP contribution in [0.2, 0.25) is 0 Å². The predicted octanol–water partition coefficient (Wildman–Crippen LogP) is 8.48. The van der Waals surface area contributed by atoms with E-state index >= 15 is 0 Å². The van der Waals surface area contributed by atoms with Gasteiger partial charge in [0.15, 0.2) is 0 Å². The van der Waals surface area contributed by atoms with E-state index < -0.39 is 24.2 Å². The SMILES string of the molecule is Cc1cc(C)c(C(=O)P(=O)(CCCCCCCCCCC(=O)O)C(=O)c2c(C)cc(C)cc2C)c(C)c1. The molecule has 0 amide bonds. The summed E-state index contributed by atoms with van der Waals surface area (Å²) >= 11 is 0. The lowest BCUT2D eigenvalue weighted by molar-refractivity contribution is -0.137. The molecule has 0 unspecified atom stereocenters. The molecule has 6 heteroatoms. The van der Waals surface area contributed by atoms with E-state index in [1.54, 1.807) is 0 Å². The molecule has 2 aromatic rings. The molecule has 1 N–H and O–H groups in total. The lowest BCUT2D eigenvalue weighted by Crippen LogP contribution is -2.17. The number of unbranched alkanes of at least 4 members (excludes halogenated alkanes) is 7. The van der Waals surface area contributed by atoms with Crippen LogP contribution in [-0.2, 0) is 9.36 Å². The number of hydrogen-bond donors (Lipinski definition) is 1. The Bertz CT molecular complexity index is 1070. The molecule has 0 fully saturated rings. The van der Waals surface area contributed by atoms with E-state index in [1.165, 1.54) is 0 Å². The Hall–Kier alpha value is -2.52. The molecule has 0 radical (unpaired) electrons. The first-order valence-electron chi connectivity index (χ1n) is 13.4. The van der Waals surface area contributed by atoms with Crippen LogP contribution in [0.1, 0.15) is 112 Å². The zero-order valence-electron chi connectivity index (χ0n) is 23.4. The van der Waals surface area contributed by atoms with E-state index in [0.717, 1.165) is 71.9 Å². The van der Waals surface area contributed by atoms with Gasteiger partial charge in [-0.15, -0.1) is 0 Å². The Labute approximate surface area is 222 Å². The van der Waals surface area contributed by atoms with Gasteiger partial charge < -0.3 is 9.67 Å². The highest BCUT2D eigenvalue weighted by Gasteiger charge is 2.42. The minimum absolute atomic E-state index is 0.0861. The average molecular weight is 527 g/mol. The Morgan fingerprint density at radius 3 is 1.27 bits per heavy atom. The zero-order valence-corrected chi connectivity index (χ0v) is 24.3. The molecule has 5 nitrogen and oxygen atoms in total. The van der Waals surface area contributed by atoms with Crippen LogP contribution in [0, 0.1) is 41.5 Å². The number of benzene rings is 2. The van der Waals surface area contributed by atoms with Crippen molar-refractivity contribution >= 4 is 24.2 Å². The predicted molar refractivity (Wildman–Crippen MR) is 152 cm³/mol. The highest BCUT2D eigenvalue weighted by atomic mass is 31.2. The van der Waals surface area contributed by atoms with Gasteiger partial charge in [0, 0.05) is 23.7 Å². The van der Waals surface area contributed by atoms with Gasteiger partial charge in [-0.1, -0.05) is 73.9 Å². The van der Waals surface area contributed by atoms with Crippen LogP contribution in [0.4, 0.5) is 0 Å². The lowest BCUT2D eigenvalue weighted by Gasteiger charge is -2.21. The topological polar surface area (TPSA) is 88.5 Å². The van der Waals surface area contributed by atoms with Crippen LogP contribution in [0.5, 0.6) is 0 Å². The van der Waals surface area contributed by atoms with Crippen LogP contribution < -0.4 is 0 Å². The normalized spacial score (nSPS) is 11.5. The number of carbonyl (C=O) groups is 3. The molecule has 0 heterocycles. The van der Waals surface area contributed by atoms with E-state index in [2.05, 4.69) is 0 Å². The molecular formula is C31H43O5P. The van der Waals surface area contributed by atoms with Crippen molar-refractivity contribution in [2.24, 2.45) is 0 Å². The number of hydrogen-bond acceptors (Lipinski definition) is 4. The molecule has 0 spiro atoms. The van der Waals surface area contributed by atoms with Gasteiger partial charge in [0.2, 0.25) is 18.2 Å². The van der Waals surface area contributed by atoms with Crippen molar-refractivity contribution in [2.75, 3.05) is 6.16 Å². The second-order valence-corrected chi connectivity index (χ2v) is 13.3. The number of carboxylic acids is 1. The molecule has 0 bridgehead atoms. The molecule has 0 aliphatic rings. The first-order chi connectivity index (χ1) is 17.4. The van der Waals surface area contributed by atoms with Gasteiger partial charge >= 0.3 is 5.97 Å². The van der Waals surface area contributed by atoms with Crippen molar-refractivity contribution in [2.45, 2.75) is 99.3 Å². The number of aliphatic carboxylic acids is 1. The number of rotatable bonds is 15. The highest BCUT2D eigenvalue weighted by molar-refractivity contribution is 7.95. The summed E-state index contributed by atoms with van der Waals surface area (Å²) in [4.78, 5) is 38.4. The first kappa shape index (κ1) is 30.7. The van der Waals surface area contributed by atoms with E-state index in [4.69, 9.17) is 5.11 Å². The molecule has 2 aromatic carbocycles. The maximum absolute atomic E-state index is 14.5. The molecule has 202 valence electrons. The standard InChI is InChI=1S/C31H43O5P/c1-21-17-23(3)28(24(4)18-21)30(34)37(36,31(35)29-25(5)19-22(2)20-26(29)6)16-14-12-10-8-7-9-11-13-15-27(32)33/h17-20H,7-16H2,1-6H3,(H,32,33). The van der Waals surface area contributed by atoms with Crippen molar-refractivity contribution in [3.63, 3.8) is 0 Å². The zero-order chi connectivity index (χ0) is 27.8. The first-order valence-corrected chi connectivity index (χ1v) is 15.3. The molecule has 0 aromatic heterocycles.